The predicted molar refractivity (Wildman–Crippen MR) is 111 cm³/mol. The minimum atomic E-state index is -0.152. The smallest absolute Gasteiger partial charge is 0.235 e. The number of aromatic nitrogens is 4. The van der Waals surface area contributed by atoms with Crippen molar-refractivity contribution in [2.45, 2.75) is 76.9 Å². The molecule has 0 radical (unpaired) electrons. The summed E-state index contributed by atoms with van der Waals surface area (Å²) in [6.45, 7) is 10.1. The van der Waals surface area contributed by atoms with E-state index in [2.05, 4.69) is 51.9 Å². The molecule has 0 saturated heterocycles. The lowest BCUT2D eigenvalue weighted by molar-refractivity contribution is -0.113. The lowest BCUT2D eigenvalue weighted by Crippen LogP contribution is -2.19. The van der Waals surface area contributed by atoms with Crippen LogP contribution >= 0.6 is 11.8 Å². The number of carbonyl (C=O) groups is 1. The van der Waals surface area contributed by atoms with Gasteiger partial charge in [0.25, 0.3) is 0 Å². The van der Waals surface area contributed by atoms with E-state index in [4.69, 9.17) is 0 Å². The molecule has 1 amide bonds. The molecule has 2 aromatic rings. The highest BCUT2D eigenvalue weighted by Gasteiger charge is 2.27. The van der Waals surface area contributed by atoms with Gasteiger partial charge in [-0.15, -0.1) is 5.10 Å². The van der Waals surface area contributed by atoms with Gasteiger partial charge in [0.1, 0.15) is 17.7 Å². The first-order valence-corrected chi connectivity index (χ1v) is 10.7. The van der Waals surface area contributed by atoms with Crippen molar-refractivity contribution >= 4 is 23.5 Å². The fourth-order valence-electron chi connectivity index (χ4n) is 3.65. The lowest BCUT2D eigenvalue weighted by Gasteiger charge is -2.19. The number of hydrogen-bond acceptors (Lipinski definition) is 5. The van der Waals surface area contributed by atoms with Crippen molar-refractivity contribution in [1.82, 2.24) is 19.7 Å². The molecular weight excluding hydrogens is 372 g/mol. The summed E-state index contributed by atoms with van der Waals surface area (Å²) in [5.41, 5.74) is 2.46. The Morgan fingerprint density at radius 2 is 2.04 bits per heavy atom. The van der Waals surface area contributed by atoms with Gasteiger partial charge in [-0.05, 0) is 32.3 Å². The Hall–Kier alpha value is -2.27. The molecule has 3 rings (SSSR count). The first-order valence-electron chi connectivity index (χ1n) is 9.69. The van der Waals surface area contributed by atoms with E-state index < -0.39 is 0 Å². The molecule has 2 heterocycles. The Labute approximate surface area is 170 Å². The molecule has 0 aliphatic heterocycles. The van der Waals surface area contributed by atoms with Crippen LogP contribution in [0, 0.1) is 25.2 Å². The summed E-state index contributed by atoms with van der Waals surface area (Å²) in [5, 5.41) is 20.3. The van der Waals surface area contributed by atoms with Crippen LogP contribution in [0.25, 0.3) is 0 Å². The van der Waals surface area contributed by atoms with Crippen molar-refractivity contribution in [2.24, 2.45) is 0 Å². The normalized spacial score (nSPS) is 15.0. The zero-order valence-corrected chi connectivity index (χ0v) is 18.0. The Balaban J connectivity index is 1.74. The van der Waals surface area contributed by atoms with Gasteiger partial charge >= 0.3 is 0 Å². The minimum absolute atomic E-state index is 0.118. The van der Waals surface area contributed by atoms with Crippen LogP contribution in [0.1, 0.15) is 75.1 Å². The van der Waals surface area contributed by atoms with Gasteiger partial charge in [0, 0.05) is 17.2 Å². The van der Waals surface area contributed by atoms with E-state index in [1.165, 1.54) is 24.6 Å². The van der Waals surface area contributed by atoms with E-state index in [-0.39, 0.29) is 17.1 Å². The first kappa shape index (κ1) is 20.5. The van der Waals surface area contributed by atoms with Crippen LogP contribution in [0.3, 0.4) is 0 Å². The fourth-order valence-corrected chi connectivity index (χ4v) is 4.25. The zero-order chi connectivity index (χ0) is 20.5. The first-order chi connectivity index (χ1) is 13.2. The number of H-pyrrole nitrogens is 1. The van der Waals surface area contributed by atoms with Crippen LogP contribution in [0.2, 0.25) is 0 Å². The van der Waals surface area contributed by atoms with Crippen molar-refractivity contribution in [1.29, 1.82) is 5.26 Å². The van der Waals surface area contributed by atoms with Crippen molar-refractivity contribution in [3.8, 4) is 6.07 Å². The molecule has 2 aromatic heterocycles. The Morgan fingerprint density at radius 3 is 2.61 bits per heavy atom. The van der Waals surface area contributed by atoms with Crippen LogP contribution in [0.15, 0.2) is 5.16 Å². The highest BCUT2D eigenvalue weighted by atomic mass is 32.2. The zero-order valence-electron chi connectivity index (χ0n) is 17.2. The molecule has 0 atom stereocenters. The lowest BCUT2D eigenvalue weighted by atomic mass is 9.96. The summed E-state index contributed by atoms with van der Waals surface area (Å²) in [7, 11) is 0. The highest BCUT2D eigenvalue weighted by Crippen LogP contribution is 2.37. The topological polar surface area (TPSA) is 99.4 Å². The number of nitrogens with zero attached hydrogens (tertiary/aromatic N) is 4. The average molecular weight is 401 g/mol. The number of anilines is 1. The summed E-state index contributed by atoms with van der Waals surface area (Å²) in [5.74, 6) is 1.48. The van der Waals surface area contributed by atoms with Crippen LogP contribution in [-0.2, 0) is 10.2 Å². The van der Waals surface area contributed by atoms with Crippen LogP contribution in [-0.4, -0.2) is 31.4 Å². The Morgan fingerprint density at radius 1 is 1.36 bits per heavy atom. The number of thioether (sulfide) groups is 1. The van der Waals surface area contributed by atoms with Gasteiger partial charge in [0.2, 0.25) is 11.1 Å². The maximum atomic E-state index is 12.6. The van der Waals surface area contributed by atoms with Crippen molar-refractivity contribution in [3.05, 3.63) is 22.6 Å². The molecule has 8 heteroatoms. The van der Waals surface area contributed by atoms with Crippen molar-refractivity contribution < 1.29 is 4.79 Å². The van der Waals surface area contributed by atoms with Gasteiger partial charge in [0.05, 0.1) is 11.3 Å². The van der Waals surface area contributed by atoms with E-state index in [1.54, 1.807) is 0 Å². The maximum Gasteiger partial charge on any atom is 0.235 e. The standard InChI is InChI=1S/C20H28N6OS/c1-12-13(2)26(14-8-6-7-9-14)17(15(12)10-21)22-16(27)11-28-19-23-18(24-25-19)20(3,4)5/h14H,6-9,11H2,1-5H3,(H,22,27)(H,23,24,25). The number of nitrogens with one attached hydrogen (secondary N) is 2. The fraction of sp³-hybridized carbons (Fsp3) is 0.600. The van der Waals surface area contributed by atoms with Gasteiger partial charge in [-0.1, -0.05) is 45.4 Å². The summed E-state index contributed by atoms with van der Waals surface area (Å²) in [6.07, 6.45) is 4.55. The second-order valence-electron chi connectivity index (χ2n) is 8.41. The van der Waals surface area contributed by atoms with Gasteiger partial charge in [-0.25, -0.2) is 4.98 Å². The van der Waals surface area contributed by atoms with Gasteiger partial charge in [-0.2, -0.15) is 5.26 Å². The molecule has 0 bridgehead atoms. The summed E-state index contributed by atoms with van der Waals surface area (Å²) in [4.78, 5) is 17.1. The maximum absolute atomic E-state index is 12.6. The van der Waals surface area contributed by atoms with E-state index in [9.17, 15) is 10.1 Å². The number of hydrogen-bond donors (Lipinski definition) is 2. The van der Waals surface area contributed by atoms with Crippen molar-refractivity contribution in [2.75, 3.05) is 11.1 Å². The third-order valence-electron chi connectivity index (χ3n) is 5.32. The molecule has 150 valence electrons. The Kier molecular flexibility index (Phi) is 5.84. The molecule has 1 saturated carbocycles. The second kappa shape index (κ2) is 8.00. The molecule has 0 spiro atoms. The molecule has 0 aromatic carbocycles. The predicted octanol–water partition coefficient (Wildman–Crippen LogP) is 4.24. The summed E-state index contributed by atoms with van der Waals surface area (Å²) < 4.78 is 2.16. The monoisotopic (exact) mass is 400 g/mol. The van der Waals surface area contributed by atoms with Crippen molar-refractivity contribution in [3.63, 3.8) is 0 Å². The van der Waals surface area contributed by atoms with Gasteiger partial charge in [-0.3, -0.25) is 9.89 Å². The average Bonchev–Trinajstić information content (AvgIpc) is 3.35. The molecular formula is C20H28N6OS. The van der Waals surface area contributed by atoms with Crippen LogP contribution in [0.4, 0.5) is 5.82 Å². The minimum Gasteiger partial charge on any atom is -0.327 e. The SMILES string of the molecule is Cc1c(C#N)c(NC(=O)CSc2n[nH]c(C(C)(C)C)n2)n(C2CCCC2)c1C. The number of amides is 1. The van der Waals surface area contributed by atoms with Gasteiger partial charge < -0.3 is 9.88 Å². The van der Waals surface area contributed by atoms with E-state index in [1.807, 2.05) is 13.8 Å². The summed E-state index contributed by atoms with van der Waals surface area (Å²) in [6, 6.07) is 2.63. The Bertz CT molecular complexity index is 908. The molecule has 1 fully saturated rings. The van der Waals surface area contributed by atoms with Crippen LogP contribution < -0.4 is 5.32 Å². The van der Waals surface area contributed by atoms with E-state index in [0.717, 1.165) is 29.9 Å². The summed E-state index contributed by atoms with van der Waals surface area (Å²) >= 11 is 1.29. The molecule has 2 N–H and O–H groups in total. The quantitative estimate of drug-likeness (QED) is 0.731. The number of nitriles is 1. The van der Waals surface area contributed by atoms with Crippen LogP contribution in [0.5, 0.6) is 0 Å². The number of aromatic amines is 1. The highest BCUT2D eigenvalue weighted by molar-refractivity contribution is 7.99. The number of rotatable bonds is 5. The van der Waals surface area contributed by atoms with E-state index in [0.29, 0.717) is 22.6 Å². The third kappa shape index (κ3) is 4.09. The molecule has 1 aliphatic carbocycles. The molecule has 7 nitrogen and oxygen atoms in total. The number of carbonyl (C=O) groups excluding carboxylic acids is 1. The molecule has 0 unspecified atom stereocenters. The third-order valence-corrected chi connectivity index (χ3v) is 6.17. The largest absolute Gasteiger partial charge is 0.327 e. The second-order valence-corrected chi connectivity index (χ2v) is 9.35. The van der Waals surface area contributed by atoms with Gasteiger partial charge in [0.15, 0.2) is 0 Å². The molecule has 1 aliphatic rings. The van der Waals surface area contributed by atoms with E-state index >= 15 is 0 Å². The molecule has 28 heavy (non-hydrogen) atoms.